The summed E-state index contributed by atoms with van der Waals surface area (Å²) in [6, 6.07) is 9.59. The van der Waals surface area contributed by atoms with Gasteiger partial charge in [0.1, 0.15) is 11.9 Å². The van der Waals surface area contributed by atoms with E-state index >= 15 is 0 Å². The average molecular weight is 383 g/mol. The van der Waals surface area contributed by atoms with E-state index in [9.17, 15) is 9.59 Å². The first-order chi connectivity index (χ1) is 13.2. The Hall–Kier alpha value is -2.74. The summed E-state index contributed by atoms with van der Waals surface area (Å²) in [7, 11) is 0. The zero-order valence-electron chi connectivity index (χ0n) is 15.1. The van der Waals surface area contributed by atoms with Crippen molar-refractivity contribution < 1.29 is 4.79 Å². The Kier molecular flexibility index (Phi) is 4.89. The number of thiazole rings is 1. The molecule has 1 aliphatic rings. The number of anilines is 1. The first kappa shape index (κ1) is 17.7. The van der Waals surface area contributed by atoms with Crippen LogP contribution in [-0.2, 0) is 17.8 Å². The minimum absolute atomic E-state index is 0.00766. The number of hydrogen-bond acceptors (Lipinski definition) is 6. The van der Waals surface area contributed by atoms with Crippen LogP contribution in [0, 0.1) is 0 Å². The van der Waals surface area contributed by atoms with Crippen molar-refractivity contribution >= 4 is 32.7 Å². The lowest BCUT2D eigenvalue weighted by Gasteiger charge is -2.23. The summed E-state index contributed by atoms with van der Waals surface area (Å²) in [6.07, 6.45) is 2.36. The van der Waals surface area contributed by atoms with Crippen molar-refractivity contribution in [2.45, 2.75) is 38.8 Å². The largest absolute Gasteiger partial charge is 0.350 e. The Morgan fingerprint density at radius 2 is 2.15 bits per heavy atom. The number of amides is 1. The molecular weight excluding hydrogens is 362 g/mol. The van der Waals surface area contributed by atoms with E-state index in [1.807, 2.05) is 42.2 Å². The van der Waals surface area contributed by atoms with Crippen LogP contribution < -0.4 is 15.8 Å². The van der Waals surface area contributed by atoms with Gasteiger partial charge in [0.25, 0.3) is 5.56 Å². The van der Waals surface area contributed by atoms with Gasteiger partial charge in [-0.2, -0.15) is 0 Å². The van der Waals surface area contributed by atoms with Crippen LogP contribution in [0.1, 0.15) is 31.2 Å². The van der Waals surface area contributed by atoms with Crippen molar-refractivity contribution in [2.24, 2.45) is 0 Å². The van der Waals surface area contributed by atoms with Crippen LogP contribution in [0.15, 0.2) is 35.1 Å². The molecule has 0 aliphatic carbocycles. The van der Waals surface area contributed by atoms with Crippen molar-refractivity contribution in [3.05, 3.63) is 52.1 Å². The fourth-order valence-corrected chi connectivity index (χ4v) is 4.36. The van der Waals surface area contributed by atoms with Gasteiger partial charge in [0.15, 0.2) is 15.5 Å². The fraction of sp³-hybridized carbons (Fsp3) is 0.368. The number of benzene rings is 1. The van der Waals surface area contributed by atoms with Gasteiger partial charge in [-0.1, -0.05) is 48.6 Å². The van der Waals surface area contributed by atoms with Gasteiger partial charge in [-0.25, -0.2) is 9.97 Å². The van der Waals surface area contributed by atoms with E-state index in [1.54, 1.807) is 0 Å². The number of nitrogens with one attached hydrogen (secondary N) is 2. The van der Waals surface area contributed by atoms with E-state index in [-0.39, 0.29) is 17.5 Å². The minimum Gasteiger partial charge on any atom is -0.350 e. The van der Waals surface area contributed by atoms with Gasteiger partial charge >= 0.3 is 0 Å². The molecule has 1 aromatic carbocycles. The Labute approximate surface area is 160 Å². The molecule has 8 heteroatoms. The normalized spacial score (nSPS) is 16.8. The predicted octanol–water partition coefficient (Wildman–Crippen LogP) is 2.23. The van der Waals surface area contributed by atoms with E-state index in [0.29, 0.717) is 34.3 Å². The molecule has 0 bridgehead atoms. The Morgan fingerprint density at radius 3 is 2.93 bits per heavy atom. The fourth-order valence-electron chi connectivity index (χ4n) is 3.33. The second kappa shape index (κ2) is 7.48. The topological polar surface area (TPSA) is 91.0 Å². The molecule has 2 N–H and O–H groups in total. The molecular formula is C19H21N5O2S. The smallest absolute Gasteiger partial charge is 0.278 e. The summed E-state index contributed by atoms with van der Waals surface area (Å²) in [5.41, 5.74) is 1.20. The molecule has 0 radical (unpaired) electrons. The molecule has 3 heterocycles. The number of rotatable bonds is 5. The predicted molar refractivity (Wildman–Crippen MR) is 106 cm³/mol. The number of aromatic nitrogens is 3. The summed E-state index contributed by atoms with van der Waals surface area (Å²) < 4.78 is 0. The highest BCUT2D eigenvalue weighted by Gasteiger charge is 2.33. The van der Waals surface area contributed by atoms with E-state index in [1.165, 1.54) is 11.3 Å². The van der Waals surface area contributed by atoms with Crippen molar-refractivity contribution in [3.63, 3.8) is 0 Å². The lowest BCUT2D eigenvalue weighted by Crippen LogP contribution is -2.43. The number of aromatic amines is 1. The summed E-state index contributed by atoms with van der Waals surface area (Å²) in [6.45, 7) is 3.20. The highest BCUT2D eigenvalue weighted by atomic mass is 32.1. The summed E-state index contributed by atoms with van der Waals surface area (Å²) in [4.78, 5) is 39.3. The minimum atomic E-state index is -0.265. The van der Waals surface area contributed by atoms with Gasteiger partial charge in [0, 0.05) is 19.5 Å². The molecule has 2 aromatic heterocycles. The Bertz CT molecular complexity index is 1010. The second-order valence-electron chi connectivity index (χ2n) is 6.57. The van der Waals surface area contributed by atoms with Crippen LogP contribution in [0.5, 0.6) is 0 Å². The molecule has 0 spiro atoms. The molecule has 7 nitrogen and oxygen atoms in total. The number of nitrogens with zero attached hydrogens (tertiary/aromatic N) is 3. The number of H-pyrrole nitrogens is 1. The highest BCUT2D eigenvalue weighted by Crippen LogP contribution is 2.31. The first-order valence-corrected chi connectivity index (χ1v) is 9.95. The van der Waals surface area contributed by atoms with Gasteiger partial charge in [-0.3, -0.25) is 9.59 Å². The number of hydrogen-bond donors (Lipinski definition) is 2. The van der Waals surface area contributed by atoms with Gasteiger partial charge in [0.05, 0.1) is 0 Å². The number of aryl methyl sites for hydroxylation is 1. The Balaban J connectivity index is 1.54. The van der Waals surface area contributed by atoms with Crippen molar-refractivity contribution in [2.75, 3.05) is 11.4 Å². The van der Waals surface area contributed by atoms with Crippen LogP contribution >= 0.6 is 11.3 Å². The molecule has 1 fully saturated rings. The average Bonchev–Trinajstić information content (AvgIpc) is 3.33. The molecule has 1 atom stereocenters. The molecule has 3 aromatic rings. The lowest BCUT2D eigenvalue weighted by atomic mass is 10.2. The van der Waals surface area contributed by atoms with E-state index in [0.717, 1.165) is 24.9 Å². The van der Waals surface area contributed by atoms with E-state index < -0.39 is 0 Å². The SMILES string of the molecule is CCc1nc2sc(N3CCCC3C(=O)NCc3ccccc3)nc2c(=O)[nH]1. The monoisotopic (exact) mass is 383 g/mol. The van der Waals surface area contributed by atoms with Crippen LogP contribution in [-0.4, -0.2) is 33.4 Å². The molecule has 1 unspecified atom stereocenters. The maximum atomic E-state index is 12.7. The second-order valence-corrected chi connectivity index (χ2v) is 7.53. The molecule has 1 amide bonds. The van der Waals surface area contributed by atoms with E-state index in [4.69, 9.17) is 0 Å². The van der Waals surface area contributed by atoms with Crippen LogP contribution in [0.4, 0.5) is 5.13 Å². The third-order valence-corrected chi connectivity index (χ3v) is 5.74. The van der Waals surface area contributed by atoms with E-state index in [2.05, 4.69) is 20.3 Å². The maximum Gasteiger partial charge on any atom is 0.278 e. The summed E-state index contributed by atoms with van der Waals surface area (Å²) in [5, 5.41) is 3.71. The molecule has 27 heavy (non-hydrogen) atoms. The van der Waals surface area contributed by atoms with Gasteiger partial charge in [0.2, 0.25) is 5.91 Å². The Morgan fingerprint density at radius 1 is 1.33 bits per heavy atom. The third-order valence-electron chi connectivity index (χ3n) is 4.75. The first-order valence-electron chi connectivity index (χ1n) is 9.13. The van der Waals surface area contributed by atoms with Gasteiger partial charge in [-0.05, 0) is 18.4 Å². The standard InChI is InChI=1S/C19H21N5O2S/c1-2-14-21-17(26)15-18(22-14)27-19(23-15)24-10-6-9-13(24)16(25)20-11-12-7-4-3-5-8-12/h3-5,7-8,13H,2,6,9-11H2,1H3,(H,20,25)(H,21,22,26). The van der Waals surface area contributed by atoms with Crippen LogP contribution in [0.25, 0.3) is 10.3 Å². The zero-order valence-corrected chi connectivity index (χ0v) is 15.9. The van der Waals surface area contributed by atoms with Crippen molar-refractivity contribution in [1.82, 2.24) is 20.3 Å². The van der Waals surface area contributed by atoms with Crippen molar-refractivity contribution in [3.8, 4) is 0 Å². The zero-order chi connectivity index (χ0) is 18.8. The highest BCUT2D eigenvalue weighted by molar-refractivity contribution is 7.21. The molecule has 0 saturated carbocycles. The molecule has 1 aliphatic heterocycles. The van der Waals surface area contributed by atoms with Crippen molar-refractivity contribution in [1.29, 1.82) is 0 Å². The third kappa shape index (κ3) is 3.57. The summed E-state index contributed by atoms with van der Waals surface area (Å²) in [5.74, 6) is 0.646. The number of fused-ring (bicyclic) bond motifs is 1. The van der Waals surface area contributed by atoms with Crippen LogP contribution in [0.2, 0.25) is 0 Å². The van der Waals surface area contributed by atoms with Gasteiger partial charge in [-0.15, -0.1) is 0 Å². The van der Waals surface area contributed by atoms with Crippen LogP contribution in [0.3, 0.4) is 0 Å². The number of carbonyl (C=O) groups is 1. The number of carbonyl (C=O) groups excluding carboxylic acids is 1. The maximum absolute atomic E-state index is 12.7. The quantitative estimate of drug-likeness (QED) is 0.705. The lowest BCUT2D eigenvalue weighted by molar-refractivity contribution is -0.122. The summed E-state index contributed by atoms with van der Waals surface area (Å²) >= 11 is 1.38. The molecule has 1 saturated heterocycles. The van der Waals surface area contributed by atoms with Gasteiger partial charge < -0.3 is 15.2 Å². The molecule has 140 valence electrons. The molecule has 4 rings (SSSR count).